The van der Waals surface area contributed by atoms with Gasteiger partial charge in [0.25, 0.3) is 0 Å². The highest BCUT2D eigenvalue weighted by Gasteiger charge is 2.13. The number of nitrogens with zero attached hydrogens (tertiary/aromatic N) is 3. The Kier molecular flexibility index (Phi) is 5.72. The molecule has 1 heterocycles. The molecule has 0 atom stereocenters. The van der Waals surface area contributed by atoms with Crippen LogP contribution in [0, 0.1) is 11.3 Å². The second-order valence-electron chi connectivity index (χ2n) is 5.64. The number of anilines is 1. The van der Waals surface area contributed by atoms with Gasteiger partial charge in [-0.2, -0.15) is 22.1 Å². The Labute approximate surface area is 156 Å². The monoisotopic (exact) mass is 362 g/mol. The molecule has 3 rings (SSSR count). The average Bonchev–Trinajstić information content (AvgIpc) is 3.11. The number of thioether (sulfide) groups is 1. The molecule has 26 heavy (non-hydrogen) atoms. The summed E-state index contributed by atoms with van der Waals surface area (Å²) in [6.45, 7) is 0. The first kappa shape index (κ1) is 17.8. The highest BCUT2D eigenvalue weighted by Crippen LogP contribution is 2.25. The molecule has 2 aromatic carbocycles. The molecule has 1 N–H and O–H groups in total. The Morgan fingerprint density at radius 3 is 2.58 bits per heavy atom. The van der Waals surface area contributed by atoms with Crippen molar-refractivity contribution in [2.24, 2.45) is 0 Å². The number of hydrogen-bond acceptors (Lipinski definition) is 4. The molecule has 130 valence electrons. The maximum atomic E-state index is 12.2. The second-order valence-corrected chi connectivity index (χ2v) is 6.63. The molecule has 0 aliphatic rings. The lowest BCUT2D eigenvalue weighted by Crippen LogP contribution is -2.15. The number of nitriles is 1. The Hall–Kier alpha value is -3.04. The van der Waals surface area contributed by atoms with E-state index < -0.39 is 0 Å². The highest BCUT2D eigenvalue weighted by molar-refractivity contribution is 7.98. The van der Waals surface area contributed by atoms with Gasteiger partial charge in [0.2, 0.25) is 5.91 Å². The standard InChI is InChI=1S/C20H18N4OS/c1-26-12-11-20(25)22-19-13-18(16-5-3-2-4-6-16)23-24(19)17-9-7-15(14-21)8-10-17/h2-10,13H,11-12H2,1H3,(H,22,25). The number of benzene rings is 2. The van der Waals surface area contributed by atoms with E-state index in [1.54, 1.807) is 28.6 Å². The van der Waals surface area contributed by atoms with E-state index >= 15 is 0 Å². The molecular weight excluding hydrogens is 344 g/mol. The lowest BCUT2D eigenvalue weighted by Gasteiger charge is -2.08. The van der Waals surface area contributed by atoms with Crippen LogP contribution in [0.1, 0.15) is 12.0 Å². The summed E-state index contributed by atoms with van der Waals surface area (Å²) in [5.41, 5.74) is 3.11. The van der Waals surface area contributed by atoms with Crippen LogP contribution in [0.5, 0.6) is 0 Å². The van der Waals surface area contributed by atoms with E-state index in [-0.39, 0.29) is 5.91 Å². The molecule has 0 aliphatic carbocycles. The Morgan fingerprint density at radius 1 is 1.19 bits per heavy atom. The van der Waals surface area contributed by atoms with E-state index in [0.717, 1.165) is 22.7 Å². The van der Waals surface area contributed by atoms with Crippen LogP contribution < -0.4 is 5.32 Å². The summed E-state index contributed by atoms with van der Waals surface area (Å²) in [5.74, 6) is 1.33. The van der Waals surface area contributed by atoms with Gasteiger partial charge >= 0.3 is 0 Å². The lowest BCUT2D eigenvalue weighted by atomic mass is 10.1. The van der Waals surface area contributed by atoms with Crippen LogP contribution in [-0.2, 0) is 4.79 Å². The molecule has 0 unspecified atom stereocenters. The fourth-order valence-electron chi connectivity index (χ4n) is 2.49. The molecule has 3 aromatic rings. The number of hydrogen-bond donors (Lipinski definition) is 1. The van der Waals surface area contributed by atoms with Crippen LogP contribution in [0.25, 0.3) is 16.9 Å². The van der Waals surface area contributed by atoms with E-state index in [1.807, 2.05) is 54.8 Å². The van der Waals surface area contributed by atoms with Gasteiger partial charge in [-0.15, -0.1) is 0 Å². The van der Waals surface area contributed by atoms with Gasteiger partial charge in [0.05, 0.1) is 23.0 Å². The van der Waals surface area contributed by atoms with Crippen molar-refractivity contribution in [2.75, 3.05) is 17.3 Å². The van der Waals surface area contributed by atoms with Crippen LogP contribution in [0.15, 0.2) is 60.7 Å². The highest BCUT2D eigenvalue weighted by atomic mass is 32.2. The minimum atomic E-state index is -0.0474. The van der Waals surface area contributed by atoms with Crippen molar-refractivity contribution in [3.8, 4) is 23.0 Å². The summed E-state index contributed by atoms with van der Waals surface area (Å²) in [6, 6.07) is 20.9. The van der Waals surface area contributed by atoms with Crippen molar-refractivity contribution in [1.29, 1.82) is 5.26 Å². The first-order valence-corrected chi connectivity index (χ1v) is 9.55. The SMILES string of the molecule is CSCCC(=O)Nc1cc(-c2ccccc2)nn1-c1ccc(C#N)cc1. The molecule has 0 radical (unpaired) electrons. The van der Waals surface area contributed by atoms with Crippen molar-refractivity contribution in [3.05, 3.63) is 66.2 Å². The van der Waals surface area contributed by atoms with Crippen LogP contribution in [0.2, 0.25) is 0 Å². The second kappa shape index (κ2) is 8.37. The smallest absolute Gasteiger partial charge is 0.226 e. The van der Waals surface area contributed by atoms with Crippen LogP contribution in [0.4, 0.5) is 5.82 Å². The predicted octanol–water partition coefficient (Wildman–Crippen LogP) is 4.10. The van der Waals surface area contributed by atoms with Gasteiger partial charge in [-0.1, -0.05) is 30.3 Å². The maximum absolute atomic E-state index is 12.2. The first-order chi connectivity index (χ1) is 12.7. The van der Waals surface area contributed by atoms with Crippen molar-refractivity contribution >= 4 is 23.5 Å². The minimum absolute atomic E-state index is 0.0474. The van der Waals surface area contributed by atoms with Gasteiger partial charge in [0, 0.05) is 23.8 Å². The average molecular weight is 362 g/mol. The summed E-state index contributed by atoms with van der Waals surface area (Å²) in [6.07, 6.45) is 2.42. The van der Waals surface area contributed by atoms with Crippen molar-refractivity contribution in [2.45, 2.75) is 6.42 Å². The molecule has 1 amide bonds. The summed E-state index contributed by atoms with van der Waals surface area (Å²) < 4.78 is 1.69. The van der Waals surface area contributed by atoms with Gasteiger partial charge in [0.15, 0.2) is 0 Å². The minimum Gasteiger partial charge on any atom is -0.311 e. The molecule has 0 saturated heterocycles. The van der Waals surface area contributed by atoms with E-state index in [4.69, 9.17) is 5.26 Å². The van der Waals surface area contributed by atoms with E-state index in [0.29, 0.717) is 17.8 Å². The molecule has 0 spiro atoms. The maximum Gasteiger partial charge on any atom is 0.226 e. The largest absolute Gasteiger partial charge is 0.311 e. The van der Waals surface area contributed by atoms with Crippen molar-refractivity contribution in [1.82, 2.24) is 9.78 Å². The number of carbonyl (C=O) groups excluding carboxylic acids is 1. The lowest BCUT2D eigenvalue weighted by molar-refractivity contribution is -0.115. The zero-order valence-electron chi connectivity index (χ0n) is 14.3. The zero-order valence-corrected chi connectivity index (χ0v) is 15.2. The third-order valence-electron chi connectivity index (χ3n) is 3.82. The van der Waals surface area contributed by atoms with Crippen molar-refractivity contribution < 1.29 is 4.79 Å². The number of carbonyl (C=O) groups is 1. The van der Waals surface area contributed by atoms with Gasteiger partial charge < -0.3 is 5.32 Å². The van der Waals surface area contributed by atoms with Crippen LogP contribution in [-0.4, -0.2) is 27.7 Å². The summed E-state index contributed by atoms with van der Waals surface area (Å²) in [4.78, 5) is 12.2. The topological polar surface area (TPSA) is 70.7 Å². The Bertz CT molecular complexity index is 927. The Morgan fingerprint density at radius 2 is 1.92 bits per heavy atom. The van der Waals surface area contributed by atoms with E-state index in [2.05, 4.69) is 16.5 Å². The fourth-order valence-corrected chi connectivity index (χ4v) is 2.88. The number of aromatic nitrogens is 2. The predicted molar refractivity (Wildman–Crippen MR) is 105 cm³/mol. The number of rotatable bonds is 6. The van der Waals surface area contributed by atoms with Gasteiger partial charge in [-0.25, -0.2) is 4.68 Å². The molecule has 0 bridgehead atoms. The van der Waals surface area contributed by atoms with Gasteiger partial charge in [-0.3, -0.25) is 4.79 Å². The molecular formula is C20H18N4OS. The first-order valence-electron chi connectivity index (χ1n) is 8.16. The summed E-state index contributed by atoms with van der Waals surface area (Å²) >= 11 is 1.63. The molecule has 0 aliphatic heterocycles. The normalized spacial score (nSPS) is 10.3. The molecule has 5 nitrogen and oxygen atoms in total. The fraction of sp³-hybridized carbons (Fsp3) is 0.150. The number of amides is 1. The summed E-state index contributed by atoms with van der Waals surface area (Å²) in [5, 5.41) is 16.6. The Balaban J connectivity index is 1.98. The third-order valence-corrected chi connectivity index (χ3v) is 4.43. The van der Waals surface area contributed by atoms with E-state index in [1.165, 1.54) is 0 Å². The third kappa shape index (κ3) is 4.13. The molecule has 1 aromatic heterocycles. The molecule has 0 fully saturated rings. The van der Waals surface area contributed by atoms with Crippen LogP contribution >= 0.6 is 11.8 Å². The van der Waals surface area contributed by atoms with Crippen LogP contribution in [0.3, 0.4) is 0 Å². The molecule has 6 heteroatoms. The van der Waals surface area contributed by atoms with Gasteiger partial charge in [0.1, 0.15) is 5.82 Å². The van der Waals surface area contributed by atoms with Crippen molar-refractivity contribution in [3.63, 3.8) is 0 Å². The summed E-state index contributed by atoms with van der Waals surface area (Å²) in [7, 11) is 0. The zero-order chi connectivity index (χ0) is 18.4. The number of nitrogens with one attached hydrogen (secondary N) is 1. The van der Waals surface area contributed by atoms with Gasteiger partial charge in [-0.05, 0) is 30.5 Å². The molecule has 0 saturated carbocycles. The van der Waals surface area contributed by atoms with E-state index in [9.17, 15) is 4.79 Å². The quantitative estimate of drug-likeness (QED) is 0.716.